The Hall–Kier alpha value is -3.15. The van der Waals surface area contributed by atoms with Crippen molar-refractivity contribution in [2.75, 3.05) is 0 Å². The third-order valence-electron chi connectivity index (χ3n) is 3.61. The highest BCUT2D eigenvalue weighted by molar-refractivity contribution is 6.12. The van der Waals surface area contributed by atoms with Crippen molar-refractivity contribution in [3.63, 3.8) is 0 Å². The quantitative estimate of drug-likeness (QED) is 0.580. The first-order chi connectivity index (χ1) is 12.2. The van der Waals surface area contributed by atoms with E-state index in [-0.39, 0.29) is 5.82 Å². The monoisotopic (exact) mass is 365 g/mol. The van der Waals surface area contributed by atoms with Crippen LogP contribution in [0.4, 0.5) is 13.2 Å². The van der Waals surface area contributed by atoms with Gasteiger partial charge in [0.2, 0.25) is 5.78 Å². The molecule has 0 aliphatic carbocycles. The molecule has 2 rings (SSSR count). The molecule has 0 saturated carbocycles. The smallest absolute Gasteiger partial charge is 0.419 e. The highest BCUT2D eigenvalue weighted by Crippen LogP contribution is 2.36. The molecule has 2 atom stereocenters. The average Bonchev–Trinajstić information content (AvgIpc) is 3.00. The lowest BCUT2D eigenvalue weighted by atomic mass is 9.96. The summed E-state index contributed by atoms with van der Waals surface area (Å²) in [5, 5.41) is 9.19. The van der Waals surface area contributed by atoms with Gasteiger partial charge in [0.1, 0.15) is 5.75 Å². The molecule has 0 aliphatic heterocycles. The van der Waals surface area contributed by atoms with Gasteiger partial charge in [-0.2, -0.15) is 18.4 Å². The fourth-order valence-corrected chi connectivity index (χ4v) is 2.27. The number of ketones is 2. The van der Waals surface area contributed by atoms with Crippen LogP contribution in [-0.4, -0.2) is 27.2 Å². The largest absolute Gasteiger partial charge is 0.482 e. The van der Waals surface area contributed by atoms with E-state index in [9.17, 15) is 28.0 Å². The summed E-state index contributed by atoms with van der Waals surface area (Å²) in [6, 6.07) is 5.96. The van der Waals surface area contributed by atoms with Crippen molar-refractivity contribution in [1.82, 2.24) is 9.55 Å². The highest BCUT2D eigenvalue weighted by atomic mass is 19.4. The molecular weight excluding hydrogens is 351 g/mol. The van der Waals surface area contributed by atoms with Gasteiger partial charge in [0.25, 0.3) is 0 Å². The van der Waals surface area contributed by atoms with Crippen LogP contribution in [0.3, 0.4) is 0 Å². The number of aryl methyl sites for hydroxylation is 1. The fraction of sp³-hybridized carbons (Fsp3) is 0.294. The predicted octanol–water partition coefficient (Wildman–Crippen LogP) is 2.80. The first-order valence-corrected chi connectivity index (χ1v) is 7.44. The molecule has 1 aromatic heterocycles. The summed E-state index contributed by atoms with van der Waals surface area (Å²) in [6.07, 6.45) is -3.32. The number of carbonyl (C=O) groups is 2. The van der Waals surface area contributed by atoms with E-state index in [2.05, 4.69) is 4.98 Å². The van der Waals surface area contributed by atoms with E-state index in [1.165, 1.54) is 43.1 Å². The summed E-state index contributed by atoms with van der Waals surface area (Å²) in [5.41, 5.74) is -1.05. The van der Waals surface area contributed by atoms with Gasteiger partial charge in [-0.1, -0.05) is 12.1 Å². The molecule has 0 bridgehead atoms. The zero-order chi connectivity index (χ0) is 19.5. The maximum Gasteiger partial charge on any atom is 0.419 e. The molecule has 2 aromatic rings. The summed E-state index contributed by atoms with van der Waals surface area (Å²) in [4.78, 5) is 28.5. The number of halogens is 3. The van der Waals surface area contributed by atoms with Gasteiger partial charge in [-0.25, -0.2) is 4.98 Å². The van der Waals surface area contributed by atoms with Crippen molar-refractivity contribution in [1.29, 1.82) is 5.26 Å². The Kier molecular flexibility index (Phi) is 5.45. The Balaban J connectivity index is 2.23. The van der Waals surface area contributed by atoms with Gasteiger partial charge >= 0.3 is 6.18 Å². The van der Waals surface area contributed by atoms with Crippen LogP contribution in [0, 0.1) is 17.2 Å². The maximum atomic E-state index is 13.0. The molecule has 0 saturated heterocycles. The second kappa shape index (κ2) is 7.39. The molecule has 0 aliphatic rings. The Morgan fingerprint density at radius 1 is 1.31 bits per heavy atom. The van der Waals surface area contributed by atoms with E-state index in [1.807, 2.05) is 0 Å². The molecule has 26 heavy (non-hydrogen) atoms. The number of ether oxygens (including phenoxy) is 1. The minimum atomic E-state index is -4.67. The molecule has 0 unspecified atom stereocenters. The van der Waals surface area contributed by atoms with Crippen LogP contribution in [0.1, 0.15) is 23.1 Å². The zero-order valence-electron chi connectivity index (χ0n) is 13.8. The first kappa shape index (κ1) is 19.2. The van der Waals surface area contributed by atoms with Crippen LogP contribution in [0.15, 0.2) is 36.7 Å². The fourth-order valence-electron chi connectivity index (χ4n) is 2.27. The van der Waals surface area contributed by atoms with E-state index >= 15 is 0 Å². The second-order valence-corrected chi connectivity index (χ2v) is 5.44. The minimum Gasteiger partial charge on any atom is -0.482 e. The lowest BCUT2D eigenvalue weighted by Gasteiger charge is -2.19. The van der Waals surface area contributed by atoms with E-state index in [0.717, 1.165) is 12.1 Å². The number of hydrogen-bond donors (Lipinski definition) is 0. The lowest BCUT2D eigenvalue weighted by Crippen LogP contribution is -2.35. The molecule has 0 amide bonds. The molecule has 9 heteroatoms. The summed E-state index contributed by atoms with van der Waals surface area (Å²) in [5.74, 6) is -4.18. The number of nitrogens with zero attached hydrogens (tertiary/aromatic N) is 3. The topological polar surface area (TPSA) is 85.0 Å². The summed E-state index contributed by atoms with van der Waals surface area (Å²) in [7, 11) is 1.51. The molecule has 6 nitrogen and oxygen atoms in total. The molecule has 136 valence electrons. The number of hydrogen-bond acceptors (Lipinski definition) is 5. The number of aromatic nitrogens is 2. The van der Waals surface area contributed by atoms with E-state index in [4.69, 9.17) is 4.74 Å². The number of imidazole rings is 1. The molecule has 1 heterocycles. The number of nitriles is 1. The Morgan fingerprint density at radius 2 is 1.96 bits per heavy atom. The average molecular weight is 365 g/mol. The number of Topliss-reactive ketones (excluding diaryl/α,β-unsaturated/α-hetero) is 2. The van der Waals surface area contributed by atoms with Crippen LogP contribution in [0.5, 0.6) is 5.75 Å². The van der Waals surface area contributed by atoms with E-state index < -0.39 is 41.1 Å². The number of alkyl halides is 3. The lowest BCUT2D eigenvalue weighted by molar-refractivity contribution is -0.140. The molecular formula is C17H14F3N3O3. The Bertz CT molecular complexity index is 868. The van der Waals surface area contributed by atoms with Gasteiger partial charge in [0.05, 0.1) is 11.6 Å². The van der Waals surface area contributed by atoms with Gasteiger partial charge in [-0.15, -0.1) is 0 Å². The van der Waals surface area contributed by atoms with Crippen molar-refractivity contribution in [2.24, 2.45) is 13.0 Å². The van der Waals surface area contributed by atoms with E-state index in [0.29, 0.717) is 0 Å². The van der Waals surface area contributed by atoms with Crippen molar-refractivity contribution >= 4 is 11.6 Å². The SMILES string of the molecule is C[C@@H](Oc1ccccc1C(F)(F)F)C(=O)[C@@H](C#N)C(=O)c1nccn1C. The van der Waals surface area contributed by atoms with Gasteiger partial charge in [-0.3, -0.25) is 9.59 Å². The van der Waals surface area contributed by atoms with Crippen LogP contribution in [-0.2, 0) is 18.0 Å². The van der Waals surface area contributed by atoms with Gasteiger partial charge in [-0.05, 0) is 19.1 Å². The van der Waals surface area contributed by atoms with E-state index in [1.54, 1.807) is 6.07 Å². The van der Waals surface area contributed by atoms with Crippen molar-refractivity contribution in [3.05, 3.63) is 48.0 Å². The normalized spacial score (nSPS) is 13.5. The van der Waals surface area contributed by atoms with Crippen molar-refractivity contribution < 1.29 is 27.5 Å². The van der Waals surface area contributed by atoms with Gasteiger partial charge in [0.15, 0.2) is 23.6 Å². The van der Waals surface area contributed by atoms with Crippen LogP contribution < -0.4 is 4.74 Å². The minimum absolute atomic E-state index is 0.104. The summed E-state index contributed by atoms with van der Waals surface area (Å²) in [6.45, 7) is 1.19. The second-order valence-electron chi connectivity index (χ2n) is 5.44. The van der Waals surface area contributed by atoms with Crippen LogP contribution in [0.2, 0.25) is 0 Å². The Labute approximate surface area is 146 Å². The molecule has 0 spiro atoms. The number of para-hydroxylation sites is 1. The molecule has 0 radical (unpaired) electrons. The van der Waals surface area contributed by atoms with Gasteiger partial charge < -0.3 is 9.30 Å². The van der Waals surface area contributed by atoms with Crippen LogP contribution in [0.25, 0.3) is 0 Å². The predicted molar refractivity (Wildman–Crippen MR) is 83.2 cm³/mol. The van der Waals surface area contributed by atoms with Crippen LogP contribution >= 0.6 is 0 Å². The first-order valence-electron chi connectivity index (χ1n) is 7.44. The third kappa shape index (κ3) is 3.91. The summed E-state index contributed by atoms with van der Waals surface area (Å²) >= 11 is 0. The number of carbonyl (C=O) groups excluding carboxylic acids is 2. The third-order valence-corrected chi connectivity index (χ3v) is 3.61. The van der Waals surface area contributed by atoms with Crippen molar-refractivity contribution in [2.45, 2.75) is 19.2 Å². The molecule has 0 N–H and O–H groups in total. The number of benzene rings is 1. The number of rotatable bonds is 6. The Morgan fingerprint density at radius 3 is 2.50 bits per heavy atom. The standard InChI is InChI=1S/C17H14F3N3O3/c1-10(26-13-6-4-3-5-12(13)17(18,19)20)14(24)11(9-21)15(25)16-22-7-8-23(16)2/h3-8,10-11H,1-2H3/t10-,11-/m1/s1. The highest BCUT2D eigenvalue weighted by Gasteiger charge is 2.37. The summed E-state index contributed by atoms with van der Waals surface area (Å²) < 4.78 is 45.5. The van der Waals surface area contributed by atoms with Gasteiger partial charge in [0, 0.05) is 19.4 Å². The maximum absolute atomic E-state index is 13.0. The van der Waals surface area contributed by atoms with Crippen molar-refractivity contribution in [3.8, 4) is 11.8 Å². The molecule has 0 fully saturated rings. The zero-order valence-corrected chi connectivity index (χ0v) is 13.8. The molecule has 1 aromatic carbocycles.